The second kappa shape index (κ2) is 6.56. The molecule has 8 nitrogen and oxygen atoms in total. The Morgan fingerprint density at radius 1 is 1.18 bits per heavy atom. The first-order chi connectivity index (χ1) is 13.7. The highest BCUT2D eigenvalue weighted by molar-refractivity contribution is 5.96. The van der Waals surface area contributed by atoms with Crippen molar-refractivity contribution < 1.29 is 13.7 Å². The fourth-order valence-corrected chi connectivity index (χ4v) is 3.48. The molecule has 0 N–H and O–H groups in total. The van der Waals surface area contributed by atoms with Crippen molar-refractivity contribution in [2.45, 2.75) is 19.3 Å². The Morgan fingerprint density at radius 3 is 2.89 bits per heavy atom. The number of hydrogen-bond donors (Lipinski definition) is 0. The number of nitrogens with zero attached hydrogens (tertiary/aromatic N) is 5. The standard InChI is InChI=1S/C20H17N5O3/c1-12-3-4-15-14(9-12)10-16(27-15)20(26)25-8-5-13(11-25)19-23-18(24-28-19)17-21-6-2-7-22-17/h2-4,6-7,9-10,13H,5,8,11H2,1H3/t13-/m1/s1. The summed E-state index contributed by atoms with van der Waals surface area (Å²) in [5.74, 6) is 1.49. The molecule has 0 radical (unpaired) electrons. The molecule has 1 aromatic carbocycles. The third-order valence-electron chi connectivity index (χ3n) is 4.91. The van der Waals surface area contributed by atoms with Gasteiger partial charge in [-0.3, -0.25) is 4.79 Å². The number of aromatic nitrogens is 4. The van der Waals surface area contributed by atoms with Crippen molar-refractivity contribution in [3.05, 3.63) is 59.9 Å². The maximum Gasteiger partial charge on any atom is 0.289 e. The molecule has 1 amide bonds. The fraction of sp³-hybridized carbons (Fsp3) is 0.250. The Balaban J connectivity index is 1.32. The van der Waals surface area contributed by atoms with Crippen LogP contribution in [0, 0.1) is 6.92 Å². The lowest BCUT2D eigenvalue weighted by Crippen LogP contribution is -2.28. The maximum atomic E-state index is 12.9. The van der Waals surface area contributed by atoms with Gasteiger partial charge in [-0.15, -0.1) is 0 Å². The number of aryl methyl sites for hydroxylation is 1. The number of fused-ring (bicyclic) bond motifs is 1. The van der Waals surface area contributed by atoms with E-state index in [0.29, 0.717) is 42.0 Å². The van der Waals surface area contributed by atoms with Crippen molar-refractivity contribution >= 4 is 16.9 Å². The monoisotopic (exact) mass is 375 g/mol. The smallest absolute Gasteiger partial charge is 0.289 e. The van der Waals surface area contributed by atoms with E-state index in [1.807, 2.05) is 25.1 Å². The van der Waals surface area contributed by atoms with Crippen molar-refractivity contribution in [3.8, 4) is 11.6 Å². The SMILES string of the molecule is Cc1ccc2oc(C(=O)N3CC[C@@H](c4nc(-c5ncccn5)no4)C3)cc2c1. The van der Waals surface area contributed by atoms with Crippen LogP contribution in [0.5, 0.6) is 0 Å². The predicted octanol–water partition coefficient (Wildman–Crippen LogP) is 3.21. The summed E-state index contributed by atoms with van der Waals surface area (Å²) >= 11 is 0. The quantitative estimate of drug-likeness (QED) is 0.542. The molecule has 0 spiro atoms. The molecule has 1 atom stereocenters. The molecule has 0 unspecified atom stereocenters. The highest BCUT2D eigenvalue weighted by atomic mass is 16.5. The van der Waals surface area contributed by atoms with Gasteiger partial charge < -0.3 is 13.8 Å². The lowest BCUT2D eigenvalue weighted by molar-refractivity contribution is 0.0760. The van der Waals surface area contributed by atoms with Gasteiger partial charge in [-0.2, -0.15) is 4.98 Å². The normalized spacial score (nSPS) is 16.8. The number of amides is 1. The number of rotatable bonds is 3. The van der Waals surface area contributed by atoms with Gasteiger partial charge in [-0.1, -0.05) is 16.8 Å². The van der Waals surface area contributed by atoms with Crippen LogP contribution < -0.4 is 0 Å². The Labute approximate surface area is 160 Å². The average Bonchev–Trinajstić information content (AvgIpc) is 3.46. The zero-order chi connectivity index (χ0) is 19.1. The van der Waals surface area contributed by atoms with Crippen LogP contribution in [0.25, 0.3) is 22.6 Å². The number of furan rings is 1. The first-order valence-corrected chi connectivity index (χ1v) is 9.08. The molecule has 0 aliphatic carbocycles. The second-order valence-corrected chi connectivity index (χ2v) is 6.92. The van der Waals surface area contributed by atoms with Gasteiger partial charge in [0.25, 0.3) is 5.91 Å². The summed E-state index contributed by atoms with van der Waals surface area (Å²) in [6.45, 7) is 3.13. The van der Waals surface area contributed by atoms with Crippen molar-refractivity contribution in [2.24, 2.45) is 0 Å². The minimum absolute atomic E-state index is 0.0134. The fourth-order valence-electron chi connectivity index (χ4n) is 3.48. The molecule has 4 heterocycles. The van der Waals surface area contributed by atoms with Crippen molar-refractivity contribution in [1.82, 2.24) is 25.0 Å². The molecule has 1 saturated heterocycles. The molecule has 140 valence electrons. The van der Waals surface area contributed by atoms with Crippen molar-refractivity contribution in [1.29, 1.82) is 0 Å². The third-order valence-corrected chi connectivity index (χ3v) is 4.91. The van der Waals surface area contributed by atoms with E-state index >= 15 is 0 Å². The molecule has 4 aromatic rings. The van der Waals surface area contributed by atoms with Crippen LogP contribution in [0.1, 0.15) is 34.3 Å². The summed E-state index contributed by atoms with van der Waals surface area (Å²) in [4.78, 5) is 27.3. The molecule has 3 aromatic heterocycles. The minimum Gasteiger partial charge on any atom is -0.451 e. The molecule has 28 heavy (non-hydrogen) atoms. The van der Waals surface area contributed by atoms with Gasteiger partial charge in [0.1, 0.15) is 5.58 Å². The Morgan fingerprint density at radius 2 is 2.04 bits per heavy atom. The lowest BCUT2D eigenvalue weighted by Gasteiger charge is -2.13. The summed E-state index contributed by atoms with van der Waals surface area (Å²) in [6.07, 6.45) is 4.01. The van der Waals surface area contributed by atoms with Crippen LogP contribution in [-0.4, -0.2) is 44.0 Å². The van der Waals surface area contributed by atoms with Gasteiger partial charge in [0.05, 0.1) is 5.92 Å². The average molecular weight is 375 g/mol. The van der Waals surface area contributed by atoms with Gasteiger partial charge >= 0.3 is 0 Å². The van der Waals surface area contributed by atoms with Crippen LogP contribution in [-0.2, 0) is 0 Å². The van der Waals surface area contributed by atoms with Crippen LogP contribution in [0.4, 0.5) is 0 Å². The second-order valence-electron chi connectivity index (χ2n) is 6.92. The summed E-state index contributed by atoms with van der Waals surface area (Å²) < 4.78 is 11.1. The van der Waals surface area contributed by atoms with Crippen molar-refractivity contribution in [3.63, 3.8) is 0 Å². The zero-order valence-electron chi connectivity index (χ0n) is 15.2. The maximum absolute atomic E-state index is 12.9. The van der Waals surface area contributed by atoms with Crippen LogP contribution in [0.2, 0.25) is 0 Å². The molecule has 1 aliphatic rings. The Hall–Kier alpha value is -3.55. The summed E-state index contributed by atoms with van der Waals surface area (Å²) in [5.41, 5.74) is 1.84. The van der Waals surface area contributed by atoms with E-state index < -0.39 is 0 Å². The van der Waals surface area contributed by atoms with E-state index in [0.717, 1.165) is 17.4 Å². The van der Waals surface area contributed by atoms with Gasteiger partial charge in [0.15, 0.2) is 5.76 Å². The Bertz CT molecular complexity index is 1150. The van der Waals surface area contributed by atoms with Crippen LogP contribution >= 0.6 is 0 Å². The number of carbonyl (C=O) groups excluding carboxylic acids is 1. The number of likely N-dealkylation sites (tertiary alicyclic amines) is 1. The molecule has 1 aliphatic heterocycles. The van der Waals surface area contributed by atoms with Crippen LogP contribution in [0.15, 0.2) is 51.7 Å². The molecule has 0 bridgehead atoms. The number of hydrogen-bond acceptors (Lipinski definition) is 7. The lowest BCUT2D eigenvalue weighted by atomic mass is 10.1. The zero-order valence-corrected chi connectivity index (χ0v) is 15.2. The number of carbonyl (C=O) groups is 1. The van der Waals surface area contributed by atoms with E-state index in [4.69, 9.17) is 8.94 Å². The first-order valence-electron chi connectivity index (χ1n) is 9.08. The molecular formula is C20H17N5O3. The van der Waals surface area contributed by atoms with E-state index in [2.05, 4.69) is 20.1 Å². The highest BCUT2D eigenvalue weighted by Crippen LogP contribution is 2.29. The summed E-state index contributed by atoms with van der Waals surface area (Å²) in [7, 11) is 0. The van der Waals surface area contributed by atoms with Crippen molar-refractivity contribution in [2.75, 3.05) is 13.1 Å². The van der Waals surface area contributed by atoms with E-state index in [9.17, 15) is 4.79 Å². The summed E-state index contributed by atoms with van der Waals surface area (Å²) in [5, 5.41) is 4.90. The van der Waals surface area contributed by atoms with E-state index in [-0.39, 0.29) is 11.8 Å². The number of benzene rings is 1. The molecule has 8 heteroatoms. The summed E-state index contributed by atoms with van der Waals surface area (Å²) in [6, 6.07) is 9.39. The van der Waals surface area contributed by atoms with E-state index in [1.54, 1.807) is 29.4 Å². The topological polar surface area (TPSA) is 98.2 Å². The highest BCUT2D eigenvalue weighted by Gasteiger charge is 2.33. The van der Waals surface area contributed by atoms with E-state index in [1.165, 1.54) is 0 Å². The molecule has 5 rings (SSSR count). The molecule has 1 fully saturated rings. The third kappa shape index (κ3) is 2.92. The van der Waals surface area contributed by atoms with Gasteiger partial charge in [-0.05, 0) is 37.6 Å². The van der Waals surface area contributed by atoms with Crippen LogP contribution in [0.3, 0.4) is 0 Å². The molecular weight excluding hydrogens is 358 g/mol. The molecule has 0 saturated carbocycles. The van der Waals surface area contributed by atoms with Gasteiger partial charge in [0, 0.05) is 30.9 Å². The largest absolute Gasteiger partial charge is 0.451 e. The first kappa shape index (κ1) is 16.6. The van der Waals surface area contributed by atoms with Gasteiger partial charge in [0.2, 0.25) is 17.5 Å². The Kier molecular flexibility index (Phi) is 3.89. The minimum atomic E-state index is -0.123. The van der Waals surface area contributed by atoms with Gasteiger partial charge in [-0.25, -0.2) is 9.97 Å². The predicted molar refractivity (Wildman–Crippen MR) is 99.5 cm³/mol.